The van der Waals surface area contributed by atoms with Gasteiger partial charge in [-0.25, -0.2) is 4.90 Å². The maximum absolute atomic E-state index is 15.2. The van der Waals surface area contributed by atoms with E-state index < -0.39 is 35.0 Å². The lowest BCUT2D eigenvalue weighted by molar-refractivity contribution is -0.131. The number of hydrogen-bond donors (Lipinski definition) is 1. The van der Waals surface area contributed by atoms with Crippen LogP contribution in [-0.4, -0.2) is 38.5 Å². The van der Waals surface area contributed by atoms with E-state index in [4.69, 9.17) is 28.3 Å². The maximum atomic E-state index is 15.2. The van der Waals surface area contributed by atoms with Crippen LogP contribution in [0.2, 0.25) is 10.0 Å². The third-order valence-corrected chi connectivity index (χ3v) is 14.2. The molecular weight excluding hydrogens is 743 g/mol. The summed E-state index contributed by atoms with van der Waals surface area (Å²) in [5.74, 6) is -3.95. The number of amides is 4. The van der Waals surface area contributed by atoms with Crippen LogP contribution in [0.3, 0.4) is 0 Å². The lowest BCUT2D eigenvalue weighted by atomic mass is 9.51. The van der Waals surface area contributed by atoms with Gasteiger partial charge in [-0.3, -0.25) is 28.8 Å². The molecule has 1 saturated carbocycles. The van der Waals surface area contributed by atoms with Crippen molar-refractivity contribution < 1.29 is 24.3 Å². The molecule has 9 nitrogen and oxygen atoms in total. The van der Waals surface area contributed by atoms with Gasteiger partial charge in [0.2, 0.25) is 23.6 Å². The Hall–Kier alpha value is -4.77. The molecule has 5 aromatic rings. The summed E-state index contributed by atoms with van der Waals surface area (Å²) in [7, 11) is 1.73. The van der Waals surface area contributed by atoms with Crippen molar-refractivity contribution in [2.45, 2.75) is 46.5 Å². The molecule has 0 radical (unpaired) electrons. The van der Waals surface area contributed by atoms with Crippen LogP contribution in [0.1, 0.15) is 47.9 Å². The summed E-state index contributed by atoms with van der Waals surface area (Å²) >= 11 is 14.0. The first-order valence-electron chi connectivity index (χ1n) is 18.0. The van der Waals surface area contributed by atoms with Crippen LogP contribution in [0, 0.1) is 49.9 Å². The molecule has 4 aliphatic rings. The number of phenols is 1. The highest BCUT2D eigenvalue weighted by molar-refractivity contribution is 7.22. The summed E-state index contributed by atoms with van der Waals surface area (Å²) in [6.45, 7) is 7.51. The number of phenolic OH excluding ortho intramolecular Hbond substituents is 1. The van der Waals surface area contributed by atoms with E-state index in [0.29, 0.717) is 44.8 Å². The van der Waals surface area contributed by atoms with Crippen LogP contribution in [0.15, 0.2) is 72.3 Å². The number of nitrogens with zero attached hydrogens (tertiary/aromatic N) is 4. The summed E-state index contributed by atoms with van der Waals surface area (Å²) in [6, 6.07) is 18.0. The maximum Gasteiger partial charge on any atom is 0.242 e. The zero-order valence-corrected chi connectivity index (χ0v) is 32.5. The highest BCUT2D eigenvalue weighted by Gasteiger charge is 2.68. The largest absolute Gasteiger partial charge is 0.507 e. The molecule has 12 heteroatoms. The molecule has 54 heavy (non-hydrogen) atoms. The molecule has 0 bridgehead atoms. The van der Waals surface area contributed by atoms with E-state index in [1.807, 2.05) is 64.1 Å². The van der Waals surface area contributed by atoms with Crippen molar-refractivity contribution in [3.05, 3.63) is 105 Å². The molecule has 274 valence electrons. The van der Waals surface area contributed by atoms with Crippen molar-refractivity contribution in [3.8, 4) is 16.3 Å². The smallest absolute Gasteiger partial charge is 0.242 e. The molecule has 6 unspecified atom stereocenters. The zero-order valence-electron chi connectivity index (χ0n) is 30.2. The second kappa shape index (κ2) is 12.1. The Morgan fingerprint density at radius 2 is 1.54 bits per heavy atom. The zero-order chi connectivity index (χ0) is 38.1. The van der Waals surface area contributed by atoms with Gasteiger partial charge < -0.3 is 5.11 Å². The first-order chi connectivity index (χ1) is 25.7. The monoisotopic (exact) mass is 778 g/mol. The topological polar surface area (TPSA) is 113 Å². The van der Waals surface area contributed by atoms with Crippen LogP contribution in [0.5, 0.6) is 5.75 Å². The Labute approximate surface area is 325 Å². The molecule has 6 atom stereocenters. The number of halogens is 2. The van der Waals surface area contributed by atoms with Gasteiger partial charge >= 0.3 is 0 Å². The lowest BCUT2D eigenvalue weighted by Gasteiger charge is -2.49. The predicted octanol–water partition coefficient (Wildman–Crippen LogP) is 8.67. The molecule has 1 N–H and O–H groups in total. The second-order valence-corrected chi connectivity index (χ2v) is 17.3. The summed E-state index contributed by atoms with van der Waals surface area (Å²) in [5, 5.41) is 17.8. The molecule has 2 saturated heterocycles. The molecule has 2 aliphatic carbocycles. The number of allylic oxidation sites excluding steroid dienone is 2. The summed E-state index contributed by atoms with van der Waals surface area (Å²) < 4.78 is 2.63. The van der Waals surface area contributed by atoms with Crippen molar-refractivity contribution in [3.63, 3.8) is 0 Å². The number of benzene rings is 3. The third kappa shape index (κ3) is 4.79. The van der Waals surface area contributed by atoms with E-state index >= 15 is 4.79 Å². The van der Waals surface area contributed by atoms with Crippen LogP contribution in [0.4, 0.5) is 11.5 Å². The van der Waals surface area contributed by atoms with Gasteiger partial charge in [-0.2, -0.15) is 5.10 Å². The van der Waals surface area contributed by atoms with Crippen molar-refractivity contribution in [1.29, 1.82) is 0 Å². The summed E-state index contributed by atoms with van der Waals surface area (Å²) in [6.07, 6.45) is 2.59. The van der Waals surface area contributed by atoms with Gasteiger partial charge in [0.05, 0.1) is 33.7 Å². The highest BCUT2D eigenvalue weighted by Crippen LogP contribution is 2.64. The number of hydrogen-bond acceptors (Lipinski definition) is 7. The fourth-order valence-corrected chi connectivity index (χ4v) is 11.3. The Bertz CT molecular complexity index is 2520. The van der Waals surface area contributed by atoms with Gasteiger partial charge in [0.25, 0.3) is 0 Å². The van der Waals surface area contributed by atoms with Crippen molar-refractivity contribution in [1.82, 2.24) is 9.78 Å². The number of thiophene rings is 1. The van der Waals surface area contributed by atoms with E-state index in [1.54, 1.807) is 53.4 Å². The number of fused-ring (bicyclic) bond motifs is 5. The number of aromatic hydroxyl groups is 1. The highest BCUT2D eigenvalue weighted by atomic mass is 35.5. The Morgan fingerprint density at radius 1 is 0.852 bits per heavy atom. The molecule has 3 fully saturated rings. The van der Waals surface area contributed by atoms with Crippen LogP contribution >= 0.6 is 34.5 Å². The lowest BCUT2D eigenvalue weighted by Crippen LogP contribution is -2.49. The molecule has 2 aliphatic heterocycles. The number of imide groups is 2. The number of aryl methyl sites for hydroxylation is 4. The van der Waals surface area contributed by atoms with E-state index in [2.05, 4.69) is 0 Å². The first kappa shape index (κ1) is 35.0. The normalized spacial score (nSPS) is 26.4. The SMILES string of the molecule is Cc1cc(C2C3=CCC4C(=O)N(c5ccc(Cl)cc5)C(=O)C4C3CC3C(=O)N(c4cc(-c5sc6ccc(Cl)cc6c5C)nn4C)C(=O)C32C)cc(C)c1O. The minimum absolute atomic E-state index is 0.164. The van der Waals surface area contributed by atoms with E-state index in [0.717, 1.165) is 31.7 Å². The van der Waals surface area contributed by atoms with Gasteiger partial charge in [-0.1, -0.05) is 47.0 Å². The Balaban J connectivity index is 1.16. The quantitative estimate of drug-likeness (QED) is 0.144. The third-order valence-electron chi connectivity index (χ3n) is 12.4. The van der Waals surface area contributed by atoms with Crippen LogP contribution < -0.4 is 9.80 Å². The molecule has 2 aromatic heterocycles. The fourth-order valence-electron chi connectivity index (χ4n) is 9.83. The van der Waals surface area contributed by atoms with Crippen molar-refractivity contribution in [2.24, 2.45) is 36.1 Å². The Morgan fingerprint density at radius 3 is 2.24 bits per heavy atom. The average molecular weight is 780 g/mol. The number of rotatable bonds is 4. The molecule has 4 amide bonds. The van der Waals surface area contributed by atoms with E-state index in [9.17, 15) is 19.5 Å². The van der Waals surface area contributed by atoms with E-state index in [1.165, 1.54) is 9.80 Å². The fraction of sp³-hybridized carbons (Fsp3) is 0.310. The molecule has 4 heterocycles. The number of carbonyl (C=O) groups excluding carboxylic acids is 4. The van der Waals surface area contributed by atoms with Crippen LogP contribution in [-0.2, 0) is 26.2 Å². The van der Waals surface area contributed by atoms with Crippen molar-refractivity contribution >= 4 is 79.8 Å². The second-order valence-electron chi connectivity index (χ2n) is 15.4. The summed E-state index contributed by atoms with van der Waals surface area (Å²) in [4.78, 5) is 61.9. The molecule has 3 aromatic carbocycles. The van der Waals surface area contributed by atoms with Gasteiger partial charge in [0.1, 0.15) is 17.3 Å². The van der Waals surface area contributed by atoms with Gasteiger partial charge in [-0.05, 0) is 117 Å². The minimum atomic E-state index is -1.24. The van der Waals surface area contributed by atoms with Crippen LogP contribution in [0.25, 0.3) is 20.7 Å². The van der Waals surface area contributed by atoms with E-state index in [-0.39, 0.29) is 35.8 Å². The first-order valence-corrected chi connectivity index (χ1v) is 19.5. The number of carbonyl (C=O) groups is 4. The number of anilines is 2. The molecular formula is C42H36Cl2N4O5S. The van der Waals surface area contributed by atoms with Gasteiger partial charge in [0.15, 0.2) is 0 Å². The molecule has 0 spiro atoms. The van der Waals surface area contributed by atoms with Gasteiger partial charge in [-0.15, -0.1) is 11.3 Å². The summed E-state index contributed by atoms with van der Waals surface area (Å²) in [5.41, 5.74) is 3.82. The predicted molar refractivity (Wildman–Crippen MR) is 210 cm³/mol. The van der Waals surface area contributed by atoms with Crippen molar-refractivity contribution in [2.75, 3.05) is 9.80 Å². The minimum Gasteiger partial charge on any atom is -0.507 e. The average Bonchev–Trinajstić information content (AvgIpc) is 3.81. The standard InChI is InChI=1S/C42H36Cl2N4O5S/c1-19-14-22(15-20(2)36(19)49)35-26-11-12-27-34(40(52)47(38(27)50)25-9-6-23(43)7-10-25)29(26)17-30-39(51)48(41(53)42(30,35)4)33-18-31(45-46(33)5)37-21(3)28-16-24(44)8-13-32(28)54-37/h6-11,13-16,18,27,29-30,34-35,49H,12,17H2,1-5H3. The molecule has 9 rings (SSSR count). The Kier molecular flexibility index (Phi) is 7.85. The number of aromatic nitrogens is 2. The van der Waals surface area contributed by atoms with Gasteiger partial charge in [0, 0.05) is 33.8 Å².